The number of nitrogens with zero attached hydrogens (tertiary/aromatic N) is 5. The molecule has 0 aliphatic carbocycles. The Kier molecular flexibility index (Phi) is 6.55. The minimum absolute atomic E-state index is 0.0211. The summed E-state index contributed by atoms with van der Waals surface area (Å²) in [6, 6.07) is 9.22. The third-order valence-corrected chi connectivity index (χ3v) is 5.00. The molecule has 10 heteroatoms. The van der Waals surface area contributed by atoms with Crippen molar-refractivity contribution in [2.24, 2.45) is 0 Å². The molecule has 0 spiro atoms. The average molecular weight is 456 g/mol. The van der Waals surface area contributed by atoms with E-state index in [2.05, 4.69) is 15.1 Å². The van der Waals surface area contributed by atoms with Crippen molar-refractivity contribution in [1.82, 2.24) is 24.1 Å². The number of carbonyl (C=O) groups is 1. The fourth-order valence-electron chi connectivity index (χ4n) is 3.26. The van der Waals surface area contributed by atoms with Gasteiger partial charge in [0.25, 0.3) is 0 Å². The van der Waals surface area contributed by atoms with E-state index in [9.17, 15) is 4.79 Å². The molecule has 0 atom stereocenters. The molecular formula is C22H22ClN5O4. The lowest BCUT2D eigenvalue weighted by atomic mass is 10.2. The second-order valence-corrected chi connectivity index (χ2v) is 7.47. The van der Waals surface area contributed by atoms with E-state index in [0.29, 0.717) is 36.5 Å². The first-order valence-electron chi connectivity index (χ1n) is 10.1. The molecule has 0 amide bonds. The van der Waals surface area contributed by atoms with Crippen LogP contribution in [0.25, 0.3) is 5.65 Å². The van der Waals surface area contributed by atoms with Crippen LogP contribution >= 0.6 is 11.6 Å². The van der Waals surface area contributed by atoms with Crippen molar-refractivity contribution in [3.05, 3.63) is 70.9 Å². The first-order valence-corrected chi connectivity index (χ1v) is 10.5. The normalized spacial score (nSPS) is 11.1. The monoisotopic (exact) mass is 455 g/mol. The summed E-state index contributed by atoms with van der Waals surface area (Å²) in [5.41, 5.74) is 3.19. The quantitative estimate of drug-likeness (QED) is 0.364. The number of aromatic nitrogens is 5. The van der Waals surface area contributed by atoms with Crippen molar-refractivity contribution < 1.29 is 19.4 Å². The SMILES string of the molecule is CCOc1nn(Cc2ccnc(OCc3cn4c(Cl)cccc4n3)c2)cc1CCC(=O)O. The fourth-order valence-corrected chi connectivity index (χ4v) is 3.47. The number of hydrogen-bond acceptors (Lipinski definition) is 6. The molecule has 4 heterocycles. The Hall–Kier alpha value is -3.59. The third-order valence-electron chi connectivity index (χ3n) is 4.69. The van der Waals surface area contributed by atoms with Crippen LogP contribution in [0.4, 0.5) is 0 Å². The van der Waals surface area contributed by atoms with Gasteiger partial charge < -0.3 is 14.6 Å². The summed E-state index contributed by atoms with van der Waals surface area (Å²) in [5, 5.41) is 14.0. The fraction of sp³-hybridized carbons (Fsp3) is 0.273. The number of aryl methyl sites for hydroxylation is 1. The summed E-state index contributed by atoms with van der Waals surface area (Å²) < 4.78 is 14.9. The van der Waals surface area contributed by atoms with Gasteiger partial charge in [-0.3, -0.25) is 13.9 Å². The van der Waals surface area contributed by atoms with Gasteiger partial charge in [-0.05, 0) is 37.1 Å². The van der Waals surface area contributed by atoms with Crippen LogP contribution in [0, 0.1) is 0 Å². The van der Waals surface area contributed by atoms with Crippen molar-refractivity contribution in [3.63, 3.8) is 0 Å². The number of hydrogen-bond donors (Lipinski definition) is 1. The number of carboxylic acids is 1. The Bertz CT molecular complexity index is 1240. The molecule has 32 heavy (non-hydrogen) atoms. The lowest BCUT2D eigenvalue weighted by molar-refractivity contribution is -0.136. The predicted molar refractivity (Wildman–Crippen MR) is 117 cm³/mol. The van der Waals surface area contributed by atoms with Gasteiger partial charge in [0.2, 0.25) is 11.8 Å². The first kappa shape index (κ1) is 21.6. The Morgan fingerprint density at radius 3 is 2.88 bits per heavy atom. The molecule has 4 aromatic rings. The number of pyridine rings is 2. The lowest BCUT2D eigenvalue weighted by Gasteiger charge is -2.06. The van der Waals surface area contributed by atoms with Crippen molar-refractivity contribution >= 4 is 23.2 Å². The first-order chi connectivity index (χ1) is 15.5. The number of ether oxygens (including phenoxy) is 2. The predicted octanol–water partition coefficient (Wildman–Crippen LogP) is 3.62. The van der Waals surface area contributed by atoms with E-state index in [4.69, 9.17) is 26.2 Å². The standard InChI is InChI=1S/C22H22ClN5O4/c1-2-31-22-16(6-7-21(29)30)12-27(26-22)11-15-8-9-24-20(10-15)32-14-17-13-28-18(23)4-3-5-19(28)25-17/h3-5,8-10,12-13H,2,6-7,11,14H2,1H3,(H,29,30). The molecule has 0 bridgehead atoms. The molecule has 166 valence electrons. The molecule has 0 fully saturated rings. The lowest BCUT2D eigenvalue weighted by Crippen LogP contribution is -2.03. The molecule has 9 nitrogen and oxygen atoms in total. The molecule has 0 aromatic carbocycles. The largest absolute Gasteiger partial charge is 0.481 e. The van der Waals surface area contributed by atoms with Crippen molar-refractivity contribution in [1.29, 1.82) is 0 Å². The number of halogens is 1. The molecule has 0 aliphatic rings. The zero-order valence-electron chi connectivity index (χ0n) is 17.4. The number of rotatable bonds is 10. The molecule has 0 saturated carbocycles. The second kappa shape index (κ2) is 9.69. The van der Waals surface area contributed by atoms with Gasteiger partial charge in [0.15, 0.2) is 0 Å². The number of imidazole rings is 1. The van der Waals surface area contributed by atoms with Gasteiger partial charge in [0.1, 0.15) is 17.4 Å². The van der Waals surface area contributed by atoms with Gasteiger partial charge in [-0.15, -0.1) is 5.10 Å². The van der Waals surface area contributed by atoms with E-state index in [-0.39, 0.29) is 13.0 Å². The van der Waals surface area contributed by atoms with Crippen LogP contribution in [0.3, 0.4) is 0 Å². The summed E-state index contributed by atoms with van der Waals surface area (Å²) in [5.74, 6) is 0.0720. The summed E-state index contributed by atoms with van der Waals surface area (Å²) in [6.45, 7) is 3.04. The van der Waals surface area contributed by atoms with E-state index >= 15 is 0 Å². The van der Waals surface area contributed by atoms with Gasteiger partial charge in [-0.1, -0.05) is 17.7 Å². The molecular weight excluding hydrogens is 434 g/mol. The van der Waals surface area contributed by atoms with Crippen LogP contribution in [0.15, 0.2) is 48.9 Å². The van der Waals surface area contributed by atoms with Gasteiger partial charge in [0.05, 0.1) is 18.8 Å². The number of fused-ring (bicyclic) bond motifs is 1. The van der Waals surface area contributed by atoms with Crippen molar-refractivity contribution in [2.75, 3.05) is 6.61 Å². The van der Waals surface area contributed by atoms with E-state index in [1.165, 1.54) is 0 Å². The highest BCUT2D eigenvalue weighted by atomic mass is 35.5. The molecule has 4 aromatic heterocycles. The summed E-state index contributed by atoms with van der Waals surface area (Å²) >= 11 is 6.18. The maximum Gasteiger partial charge on any atom is 0.303 e. The molecule has 0 radical (unpaired) electrons. The molecule has 0 saturated heterocycles. The number of carboxylic acid groups (broad SMARTS) is 1. The highest BCUT2D eigenvalue weighted by Crippen LogP contribution is 2.20. The Balaban J connectivity index is 1.44. The highest BCUT2D eigenvalue weighted by molar-refractivity contribution is 6.29. The Labute approximate surface area is 189 Å². The van der Waals surface area contributed by atoms with Crippen LogP contribution in [0.5, 0.6) is 11.8 Å². The van der Waals surface area contributed by atoms with Crippen LogP contribution in [-0.4, -0.2) is 41.8 Å². The minimum atomic E-state index is -0.857. The van der Waals surface area contributed by atoms with Crippen LogP contribution < -0.4 is 9.47 Å². The van der Waals surface area contributed by atoms with Gasteiger partial charge in [-0.2, -0.15) is 0 Å². The van der Waals surface area contributed by atoms with E-state index in [1.54, 1.807) is 21.3 Å². The zero-order valence-corrected chi connectivity index (χ0v) is 18.2. The Morgan fingerprint density at radius 2 is 2.09 bits per heavy atom. The van der Waals surface area contributed by atoms with Crippen LogP contribution in [0.1, 0.15) is 30.2 Å². The second-order valence-electron chi connectivity index (χ2n) is 7.08. The number of aliphatic carboxylic acids is 1. The molecule has 1 N–H and O–H groups in total. The Morgan fingerprint density at radius 1 is 1.22 bits per heavy atom. The minimum Gasteiger partial charge on any atom is -0.481 e. The summed E-state index contributed by atoms with van der Waals surface area (Å²) in [6.07, 6.45) is 5.70. The summed E-state index contributed by atoms with van der Waals surface area (Å²) in [7, 11) is 0. The topological polar surface area (TPSA) is 104 Å². The maximum atomic E-state index is 10.9. The maximum absolute atomic E-state index is 10.9. The average Bonchev–Trinajstić information content (AvgIpc) is 3.36. The van der Waals surface area contributed by atoms with Crippen molar-refractivity contribution in [2.45, 2.75) is 32.9 Å². The molecule has 0 unspecified atom stereocenters. The molecule has 0 aliphatic heterocycles. The highest BCUT2D eigenvalue weighted by Gasteiger charge is 2.13. The van der Waals surface area contributed by atoms with Gasteiger partial charge in [-0.25, -0.2) is 9.97 Å². The van der Waals surface area contributed by atoms with Crippen LogP contribution in [-0.2, 0) is 24.4 Å². The van der Waals surface area contributed by atoms with E-state index < -0.39 is 5.97 Å². The summed E-state index contributed by atoms with van der Waals surface area (Å²) in [4.78, 5) is 19.7. The van der Waals surface area contributed by atoms with Crippen LogP contribution in [0.2, 0.25) is 5.15 Å². The molecule has 4 rings (SSSR count). The van der Waals surface area contributed by atoms with E-state index in [1.807, 2.05) is 43.6 Å². The van der Waals surface area contributed by atoms with Gasteiger partial charge in [0, 0.05) is 36.6 Å². The smallest absolute Gasteiger partial charge is 0.303 e. The van der Waals surface area contributed by atoms with Crippen molar-refractivity contribution in [3.8, 4) is 11.8 Å². The van der Waals surface area contributed by atoms with E-state index in [0.717, 1.165) is 22.5 Å². The zero-order chi connectivity index (χ0) is 22.5. The third kappa shape index (κ3) is 5.17. The van der Waals surface area contributed by atoms with Gasteiger partial charge >= 0.3 is 5.97 Å².